The molecule has 0 aliphatic carbocycles. The van der Waals surface area contributed by atoms with Gasteiger partial charge in [-0.1, -0.05) is 12.1 Å². The van der Waals surface area contributed by atoms with E-state index in [2.05, 4.69) is 15.5 Å². The molecule has 6 heteroatoms. The van der Waals surface area contributed by atoms with Crippen molar-refractivity contribution in [3.8, 4) is 10.8 Å². The summed E-state index contributed by atoms with van der Waals surface area (Å²) in [6.45, 7) is 4.21. The largest absolute Gasteiger partial charge is 0.418 e. The van der Waals surface area contributed by atoms with Crippen molar-refractivity contribution in [2.45, 2.75) is 20.4 Å². The molecule has 0 unspecified atom stereocenters. The summed E-state index contributed by atoms with van der Waals surface area (Å²) in [5.74, 6) is 0.713. The van der Waals surface area contributed by atoms with E-state index in [1.807, 2.05) is 49.6 Å². The van der Waals surface area contributed by atoms with Gasteiger partial charge in [0.1, 0.15) is 0 Å². The Balaban J connectivity index is 1.65. The molecule has 3 rings (SSSR count). The first-order valence-electron chi connectivity index (χ1n) is 6.85. The number of carbonyl (C=O) groups excluding carboxylic acids is 1. The topological polar surface area (TPSA) is 68.0 Å². The fourth-order valence-corrected chi connectivity index (χ4v) is 2.61. The minimum absolute atomic E-state index is 0.154. The van der Waals surface area contributed by atoms with E-state index in [1.54, 1.807) is 0 Å². The molecule has 2 heterocycles. The molecule has 1 aromatic carbocycles. The lowest BCUT2D eigenvalue weighted by Crippen LogP contribution is -2.23. The van der Waals surface area contributed by atoms with Crippen LogP contribution in [-0.4, -0.2) is 16.1 Å². The molecule has 112 valence electrons. The van der Waals surface area contributed by atoms with Crippen LogP contribution in [0.1, 0.15) is 27.4 Å². The van der Waals surface area contributed by atoms with Crippen LogP contribution in [0.2, 0.25) is 0 Å². The Morgan fingerprint density at radius 1 is 1.23 bits per heavy atom. The lowest BCUT2D eigenvalue weighted by atomic mass is 10.1. The zero-order chi connectivity index (χ0) is 15.5. The lowest BCUT2D eigenvalue weighted by molar-refractivity contribution is 0.0947. The highest BCUT2D eigenvalue weighted by molar-refractivity contribution is 7.13. The minimum atomic E-state index is -0.154. The molecule has 2 aromatic heterocycles. The summed E-state index contributed by atoms with van der Waals surface area (Å²) in [5.41, 5.74) is 2.88. The Labute approximate surface area is 132 Å². The van der Waals surface area contributed by atoms with Crippen LogP contribution in [0.5, 0.6) is 0 Å². The van der Waals surface area contributed by atoms with Crippen LogP contribution in [0.4, 0.5) is 0 Å². The van der Waals surface area contributed by atoms with Crippen molar-refractivity contribution in [1.82, 2.24) is 15.5 Å². The van der Waals surface area contributed by atoms with Crippen molar-refractivity contribution in [3.63, 3.8) is 0 Å². The van der Waals surface area contributed by atoms with Gasteiger partial charge in [-0.25, -0.2) is 0 Å². The van der Waals surface area contributed by atoms with E-state index in [0.29, 0.717) is 17.3 Å². The Bertz CT molecular complexity index is 794. The lowest BCUT2D eigenvalue weighted by Gasteiger charge is -2.05. The zero-order valence-electron chi connectivity index (χ0n) is 12.3. The monoisotopic (exact) mass is 313 g/mol. The second kappa shape index (κ2) is 6.11. The maximum absolute atomic E-state index is 12.1. The number of thiophene rings is 1. The van der Waals surface area contributed by atoms with Gasteiger partial charge in [0, 0.05) is 5.56 Å². The molecular formula is C16H15N3O2S. The summed E-state index contributed by atoms with van der Waals surface area (Å²) in [7, 11) is 0. The SMILES string of the molecule is Cc1ccc(C(=O)NCc2nnc(-c3cccs3)o2)cc1C. The Kier molecular flexibility index (Phi) is 4.02. The zero-order valence-corrected chi connectivity index (χ0v) is 13.1. The number of hydrogen-bond acceptors (Lipinski definition) is 5. The van der Waals surface area contributed by atoms with Gasteiger partial charge in [0.15, 0.2) is 0 Å². The molecule has 0 fully saturated rings. The van der Waals surface area contributed by atoms with E-state index in [0.717, 1.165) is 16.0 Å². The second-order valence-corrected chi connectivity index (χ2v) is 5.91. The molecule has 22 heavy (non-hydrogen) atoms. The smallest absolute Gasteiger partial charge is 0.257 e. The average Bonchev–Trinajstić information content (AvgIpc) is 3.18. The summed E-state index contributed by atoms with van der Waals surface area (Å²) in [5, 5.41) is 12.7. The molecular weight excluding hydrogens is 298 g/mol. The van der Waals surface area contributed by atoms with Crippen molar-refractivity contribution < 1.29 is 9.21 Å². The van der Waals surface area contributed by atoms with E-state index in [1.165, 1.54) is 11.3 Å². The van der Waals surface area contributed by atoms with Crippen LogP contribution in [-0.2, 0) is 6.54 Å². The summed E-state index contributed by atoms with van der Waals surface area (Å²) in [6.07, 6.45) is 0. The predicted octanol–water partition coefficient (Wildman–Crippen LogP) is 3.34. The van der Waals surface area contributed by atoms with Gasteiger partial charge >= 0.3 is 0 Å². The van der Waals surface area contributed by atoms with E-state index in [9.17, 15) is 4.79 Å². The summed E-state index contributed by atoms with van der Waals surface area (Å²) >= 11 is 1.53. The molecule has 0 saturated heterocycles. The van der Waals surface area contributed by atoms with Crippen molar-refractivity contribution >= 4 is 17.2 Å². The Morgan fingerprint density at radius 3 is 2.82 bits per heavy atom. The van der Waals surface area contributed by atoms with Crippen LogP contribution >= 0.6 is 11.3 Å². The third-order valence-corrected chi connectivity index (χ3v) is 4.23. The van der Waals surface area contributed by atoms with Gasteiger partial charge in [-0.3, -0.25) is 4.79 Å². The molecule has 0 spiro atoms. The first kappa shape index (κ1) is 14.5. The average molecular weight is 313 g/mol. The number of benzene rings is 1. The third-order valence-electron chi connectivity index (χ3n) is 3.37. The van der Waals surface area contributed by atoms with Crippen LogP contribution in [0, 0.1) is 13.8 Å². The number of aryl methyl sites for hydroxylation is 2. The highest BCUT2D eigenvalue weighted by Gasteiger charge is 2.11. The third kappa shape index (κ3) is 3.07. The number of nitrogens with zero attached hydrogens (tertiary/aromatic N) is 2. The Hall–Kier alpha value is -2.47. The van der Waals surface area contributed by atoms with Crippen molar-refractivity contribution in [3.05, 3.63) is 58.3 Å². The summed E-state index contributed by atoms with van der Waals surface area (Å²) in [4.78, 5) is 13.0. The molecule has 1 N–H and O–H groups in total. The standard InChI is InChI=1S/C16H15N3O2S/c1-10-5-6-12(8-11(10)2)15(20)17-9-14-18-19-16(21-14)13-4-3-7-22-13/h3-8H,9H2,1-2H3,(H,17,20). The molecule has 0 bridgehead atoms. The fraction of sp³-hybridized carbons (Fsp3) is 0.188. The maximum atomic E-state index is 12.1. The number of carbonyl (C=O) groups is 1. The van der Waals surface area contributed by atoms with Gasteiger partial charge in [0.05, 0.1) is 11.4 Å². The molecule has 5 nitrogen and oxygen atoms in total. The molecule has 3 aromatic rings. The van der Waals surface area contributed by atoms with Gasteiger partial charge in [0.25, 0.3) is 11.8 Å². The number of hydrogen-bond donors (Lipinski definition) is 1. The highest BCUT2D eigenvalue weighted by atomic mass is 32.1. The fourth-order valence-electron chi connectivity index (χ4n) is 1.97. The van der Waals surface area contributed by atoms with Gasteiger partial charge in [0.2, 0.25) is 5.89 Å². The van der Waals surface area contributed by atoms with E-state index in [4.69, 9.17) is 4.42 Å². The van der Waals surface area contributed by atoms with Crippen LogP contribution < -0.4 is 5.32 Å². The number of rotatable bonds is 4. The van der Waals surface area contributed by atoms with Crippen molar-refractivity contribution in [2.24, 2.45) is 0 Å². The number of amides is 1. The minimum Gasteiger partial charge on any atom is -0.418 e. The normalized spacial score (nSPS) is 10.6. The van der Waals surface area contributed by atoms with Crippen LogP contribution in [0.3, 0.4) is 0 Å². The molecule has 0 radical (unpaired) electrons. The molecule has 0 aliphatic heterocycles. The molecule has 1 amide bonds. The van der Waals surface area contributed by atoms with Crippen molar-refractivity contribution in [2.75, 3.05) is 0 Å². The van der Waals surface area contributed by atoms with Crippen LogP contribution in [0.25, 0.3) is 10.8 Å². The highest BCUT2D eigenvalue weighted by Crippen LogP contribution is 2.22. The predicted molar refractivity (Wildman–Crippen MR) is 84.7 cm³/mol. The van der Waals surface area contributed by atoms with E-state index in [-0.39, 0.29) is 12.5 Å². The van der Waals surface area contributed by atoms with Crippen LogP contribution in [0.15, 0.2) is 40.1 Å². The first-order valence-corrected chi connectivity index (χ1v) is 7.73. The quantitative estimate of drug-likeness (QED) is 0.802. The first-order chi connectivity index (χ1) is 10.6. The number of aromatic nitrogens is 2. The van der Waals surface area contributed by atoms with Gasteiger partial charge in [-0.05, 0) is 48.6 Å². The Morgan fingerprint density at radius 2 is 2.09 bits per heavy atom. The maximum Gasteiger partial charge on any atom is 0.257 e. The summed E-state index contributed by atoms with van der Waals surface area (Å²) < 4.78 is 5.53. The molecule has 0 atom stereocenters. The molecule has 0 saturated carbocycles. The van der Waals surface area contributed by atoms with Crippen molar-refractivity contribution in [1.29, 1.82) is 0 Å². The van der Waals surface area contributed by atoms with Gasteiger partial charge in [-0.15, -0.1) is 21.5 Å². The van der Waals surface area contributed by atoms with Gasteiger partial charge in [-0.2, -0.15) is 0 Å². The summed E-state index contributed by atoms with van der Waals surface area (Å²) in [6, 6.07) is 9.45. The number of nitrogens with one attached hydrogen (secondary N) is 1. The second-order valence-electron chi connectivity index (χ2n) is 4.96. The van der Waals surface area contributed by atoms with E-state index >= 15 is 0 Å². The van der Waals surface area contributed by atoms with Gasteiger partial charge < -0.3 is 9.73 Å². The molecule has 0 aliphatic rings. The van der Waals surface area contributed by atoms with E-state index < -0.39 is 0 Å².